The molecule has 3 rings (SSSR count). The standard InChI is InChI=1S/C22H33FN2O/c1-6-15-9-11-25(12-10-15)18-8-7-16(13-17(18)23)19(26)24-20-21(2,3)14-22(20,4)5/h7-8,13,15,20H,6,9-12,14H2,1-5H3,(H,24,26). The lowest BCUT2D eigenvalue weighted by molar-refractivity contribution is -0.0366. The van der Waals surface area contributed by atoms with Gasteiger partial charge in [-0.2, -0.15) is 0 Å². The highest BCUT2D eigenvalue weighted by Crippen LogP contribution is 2.53. The van der Waals surface area contributed by atoms with Crippen molar-refractivity contribution in [1.82, 2.24) is 5.32 Å². The van der Waals surface area contributed by atoms with Crippen LogP contribution in [0.1, 0.15) is 70.7 Å². The summed E-state index contributed by atoms with van der Waals surface area (Å²) in [7, 11) is 0. The Balaban J connectivity index is 1.68. The molecular weight excluding hydrogens is 327 g/mol. The third-order valence-corrected chi connectivity index (χ3v) is 6.49. The van der Waals surface area contributed by atoms with E-state index in [4.69, 9.17) is 0 Å². The maximum Gasteiger partial charge on any atom is 0.251 e. The van der Waals surface area contributed by atoms with E-state index in [2.05, 4.69) is 44.8 Å². The fraction of sp³-hybridized carbons (Fsp3) is 0.682. The molecule has 1 heterocycles. The molecule has 0 radical (unpaired) electrons. The van der Waals surface area contributed by atoms with Gasteiger partial charge >= 0.3 is 0 Å². The van der Waals surface area contributed by atoms with Crippen LogP contribution in [-0.2, 0) is 0 Å². The molecule has 1 aromatic rings. The fourth-order valence-corrected chi connectivity index (χ4v) is 5.40. The normalized spacial score (nSPS) is 22.8. The molecule has 0 bridgehead atoms. The van der Waals surface area contributed by atoms with Crippen molar-refractivity contribution in [3.63, 3.8) is 0 Å². The van der Waals surface area contributed by atoms with Gasteiger partial charge in [-0.25, -0.2) is 4.39 Å². The van der Waals surface area contributed by atoms with Crippen molar-refractivity contribution in [3.05, 3.63) is 29.6 Å². The molecule has 1 N–H and O–H groups in total. The molecule has 2 fully saturated rings. The number of hydrogen-bond acceptors (Lipinski definition) is 2. The summed E-state index contributed by atoms with van der Waals surface area (Å²) in [5, 5.41) is 3.13. The van der Waals surface area contributed by atoms with Gasteiger partial charge in [0.2, 0.25) is 0 Å². The Morgan fingerprint density at radius 3 is 2.31 bits per heavy atom. The summed E-state index contributed by atoms with van der Waals surface area (Å²) in [5.74, 6) is 0.291. The monoisotopic (exact) mass is 360 g/mol. The van der Waals surface area contributed by atoms with Crippen LogP contribution in [0.25, 0.3) is 0 Å². The Morgan fingerprint density at radius 2 is 1.81 bits per heavy atom. The topological polar surface area (TPSA) is 32.3 Å². The number of hydrogen-bond donors (Lipinski definition) is 1. The average Bonchev–Trinajstić information content (AvgIpc) is 2.58. The number of rotatable bonds is 4. The maximum absolute atomic E-state index is 14.7. The first-order chi connectivity index (χ1) is 12.1. The minimum Gasteiger partial charge on any atom is -0.369 e. The molecule has 1 aliphatic carbocycles. The van der Waals surface area contributed by atoms with Gasteiger partial charge in [0, 0.05) is 24.7 Å². The van der Waals surface area contributed by atoms with E-state index >= 15 is 0 Å². The molecule has 1 saturated heterocycles. The van der Waals surface area contributed by atoms with Gasteiger partial charge in [-0.1, -0.05) is 41.0 Å². The second-order valence-electron chi connectivity index (χ2n) is 9.57. The van der Waals surface area contributed by atoms with Gasteiger partial charge in [0.15, 0.2) is 0 Å². The van der Waals surface area contributed by atoms with Crippen LogP contribution in [0, 0.1) is 22.6 Å². The Kier molecular flexibility index (Phi) is 5.06. The van der Waals surface area contributed by atoms with Crippen molar-refractivity contribution >= 4 is 11.6 Å². The molecule has 1 aromatic carbocycles. The average molecular weight is 361 g/mol. The van der Waals surface area contributed by atoms with Crippen LogP contribution in [-0.4, -0.2) is 25.0 Å². The van der Waals surface area contributed by atoms with Gasteiger partial charge < -0.3 is 10.2 Å². The van der Waals surface area contributed by atoms with Gasteiger partial charge in [0.1, 0.15) is 5.82 Å². The van der Waals surface area contributed by atoms with E-state index in [0.29, 0.717) is 11.3 Å². The number of nitrogens with zero attached hydrogens (tertiary/aromatic N) is 1. The first-order valence-corrected chi connectivity index (χ1v) is 9.99. The van der Waals surface area contributed by atoms with Crippen molar-refractivity contribution in [2.45, 2.75) is 66.3 Å². The minimum absolute atomic E-state index is 0.0846. The molecule has 0 atom stereocenters. The summed E-state index contributed by atoms with van der Waals surface area (Å²) in [6.45, 7) is 12.7. The number of anilines is 1. The molecule has 2 aliphatic rings. The van der Waals surface area contributed by atoms with E-state index < -0.39 is 0 Å². The quantitative estimate of drug-likeness (QED) is 0.819. The number of benzene rings is 1. The second kappa shape index (κ2) is 6.86. The number of amides is 1. The molecule has 1 amide bonds. The zero-order chi connectivity index (χ0) is 19.1. The largest absolute Gasteiger partial charge is 0.369 e. The molecule has 0 unspecified atom stereocenters. The van der Waals surface area contributed by atoms with Crippen LogP contribution in [0.5, 0.6) is 0 Å². The van der Waals surface area contributed by atoms with Crippen LogP contribution in [0.15, 0.2) is 18.2 Å². The van der Waals surface area contributed by atoms with Crippen LogP contribution in [0.4, 0.5) is 10.1 Å². The van der Waals surface area contributed by atoms with Gasteiger partial charge in [0.05, 0.1) is 5.69 Å². The number of halogens is 1. The van der Waals surface area contributed by atoms with Crippen LogP contribution >= 0.6 is 0 Å². The van der Waals surface area contributed by atoms with Crippen LogP contribution in [0.3, 0.4) is 0 Å². The summed E-state index contributed by atoms with van der Waals surface area (Å²) in [6, 6.07) is 5.04. The third kappa shape index (κ3) is 3.60. The number of piperidine rings is 1. The molecule has 1 aliphatic heterocycles. The Morgan fingerprint density at radius 1 is 1.19 bits per heavy atom. The fourth-order valence-electron chi connectivity index (χ4n) is 5.40. The van der Waals surface area contributed by atoms with Crippen molar-refractivity contribution in [1.29, 1.82) is 0 Å². The third-order valence-electron chi connectivity index (χ3n) is 6.49. The molecule has 0 aromatic heterocycles. The highest BCUT2D eigenvalue weighted by Gasteiger charge is 2.53. The Labute approximate surface area is 157 Å². The van der Waals surface area contributed by atoms with E-state index in [1.165, 1.54) is 12.5 Å². The van der Waals surface area contributed by atoms with Gasteiger partial charge in [0.25, 0.3) is 5.91 Å². The summed E-state index contributed by atoms with van der Waals surface area (Å²) >= 11 is 0. The molecule has 144 valence electrons. The van der Waals surface area contributed by atoms with E-state index in [9.17, 15) is 9.18 Å². The van der Waals surface area contributed by atoms with Crippen molar-refractivity contribution in [3.8, 4) is 0 Å². The minimum atomic E-state index is -0.292. The zero-order valence-electron chi connectivity index (χ0n) is 16.9. The number of nitrogens with one attached hydrogen (secondary N) is 1. The summed E-state index contributed by atoms with van der Waals surface area (Å²) in [6.07, 6.45) is 4.50. The molecular formula is C22H33FN2O. The molecule has 3 nitrogen and oxygen atoms in total. The lowest BCUT2D eigenvalue weighted by Crippen LogP contribution is -2.63. The molecule has 1 saturated carbocycles. The highest BCUT2D eigenvalue weighted by atomic mass is 19.1. The number of carbonyl (C=O) groups excluding carboxylic acids is 1. The van der Waals surface area contributed by atoms with E-state index in [0.717, 1.165) is 38.3 Å². The second-order valence-corrected chi connectivity index (χ2v) is 9.57. The van der Waals surface area contributed by atoms with E-state index in [1.54, 1.807) is 12.1 Å². The first kappa shape index (κ1) is 19.2. The summed E-state index contributed by atoms with van der Waals surface area (Å²) in [5.41, 5.74) is 1.20. The molecule has 0 spiro atoms. The van der Waals surface area contributed by atoms with Gasteiger partial charge in [-0.05, 0) is 54.2 Å². The SMILES string of the molecule is CCC1CCN(c2ccc(C(=O)NC3C(C)(C)CC3(C)C)cc2F)CC1. The Hall–Kier alpha value is -1.58. The maximum atomic E-state index is 14.7. The van der Waals surface area contributed by atoms with Crippen LogP contribution in [0.2, 0.25) is 0 Å². The summed E-state index contributed by atoms with van der Waals surface area (Å²) < 4.78 is 14.7. The van der Waals surface area contributed by atoms with Crippen molar-refractivity contribution in [2.24, 2.45) is 16.7 Å². The lowest BCUT2D eigenvalue weighted by Gasteiger charge is -2.57. The predicted molar refractivity (Wildman–Crippen MR) is 105 cm³/mol. The van der Waals surface area contributed by atoms with E-state index in [1.807, 2.05) is 0 Å². The van der Waals surface area contributed by atoms with Gasteiger partial charge in [-0.15, -0.1) is 0 Å². The molecule has 26 heavy (non-hydrogen) atoms. The van der Waals surface area contributed by atoms with Crippen LogP contribution < -0.4 is 10.2 Å². The highest BCUT2D eigenvalue weighted by molar-refractivity contribution is 5.95. The first-order valence-electron chi connectivity index (χ1n) is 9.99. The van der Waals surface area contributed by atoms with E-state index in [-0.39, 0.29) is 28.6 Å². The summed E-state index contributed by atoms with van der Waals surface area (Å²) in [4.78, 5) is 14.8. The smallest absolute Gasteiger partial charge is 0.251 e. The molecule has 4 heteroatoms. The van der Waals surface area contributed by atoms with Crippen molar-refractivity contribution in [2.75, 3.05) is 18.0 Å². The van der Waals surface area contributed by atoms with Crippen molar-refractivity contribution < 1.29 is 9.18 Å². The predicted octanol–water partition coefficient (Wildman–Crippen LogP) is 5.01. The van der Waals surface area contributed by atoms with Gasteiger partial charge in [-0.3, -0.25) is 4.79 Å². The Bertz CT molecular complexity index is 661. The zero-order valence-corrected chi connectivity index (χ0v) is 16.9. The lowest BCUT2D eigenvalue weighted by atomic mass is 9.52. The number of carbonyl (C=O) groups is 1.